The molecule has 0 radical (unpaired) electrons. The van der Waals surface area contributed by atoms with Gasteiger partial charge in [0.15, 0.2) is 0 Å². The predicted octanol–water partition coefficient (Wildman–Crippen LogP) is 4.12. The van der Waals surface area contributed by atoms with E-state index in [0.717, 1.165) is 19.4 Å². The van der Waals surface area contributed by atoms with E-state index in [9.17, 15) is 9.90 Å². The van der Waals surface area contributed by atoms with E-state index in [2.05, 4.69) is 26.1 Å². The fourth-order valence-corrected chi connectivity index (χ4v) is 9.32. The number of carbonyl (C=O) groups excluding carboxylic acids is 1. The highest BCUT2D eigenvalue weighted by molar-refractivity contribution is 5.69. The van der Waals surface area contributed by atoms with Gasteiger partial charge in [-0.15, -0.1) is 0 Å². The van der Waals surface area contributed by atoms with Crippen molar-refractivity contribution in [1.29, 1.82) is 0 Å². The molecule has 0 aromatic heterocycles. The van der Waals surface area contributed by atoms with E-state index < -0.39 is 0 Å². The van der Waals surface area contributed by atoms with Crippen LogP contribution in [-0.4, -0.2) is 43.4 Å². The van der Waals surface area contributed by atoms with E-state index in [1.807, 2.05) is 0 Å². The number of rotatable bonds is 7. The summed E-state index contributed by atoms with van der Waals surface area (Å²) in [5, 5.41) is 15.2. The molecule has 0 aliphatic heterocycles. The first kappa shape index (κ1) is 24.5. The van der Waals surface area contributed by atoms with Gasteiger partial charge in [-0.1, -0.05) is 20.8 Å². The minimum absolute atomic E-state index is 0.0847. The smallest absolute Gasteiger partial charge is 0.305 e. The van der Waals surface area contributed by atoms with Crippen molar-refractivity contribution in [3.8, 4) is 0 Å². The third kappa shape index (κ3) is 4.15. The number of hydrogen-bond acceptors (Lipinski definition) is 5. The normalized spacial score (nSPS) is 46.6. The highest BCUT2D eigenvalue weighted by Gasteiger charge is 2.62. The van der Waals surface area contributed by atoms with Gasteiger partial charge in [0, 0.05) is 25.6 Å². The molecule has 4 rings (SSSR count). The van der Waals surface area contributed by atoms with E-state index in [-0.39, 0.29) is 12.1 Å². The minimum Gasteiger partial charge on any atom is -0.469 e. The maximum atomic E-state index is 11.7. The Kier molecular flexibility index (Phi) is 7.30. The summed E-state index contributed by atoms with van der Waals surface area (Å²) in [6.45, 7) is 9.03. The molecular formula is C27H48N2O3. The molecule has 5 heteroatoms. The van der Waals surface area contributed by atoms with Crippen molar-refractivity contribution in [1.82, 2.24) is 5.32 Å². The number of fused-ring (bicyclic) bond motifs is 5. The first-order valence-corrected chi connectivity index (χ1v) is 13.4. The molecule has 0 aromatic rings. The molecule has 4 saturated carbocycles. The molecule has 32 heavy (non-hydrogen) atoms. The maximum absolute atomic E-state index is 11.7. The Bertz CT molecular complexity index is 671. The van der Waals surface area contributed by atoms with Crippen LogP contribution >= 0.6 is 0 Å². The van der Waals surface area contributed by atoms with Crippen molar-refractivity contribution in [2.75, 3.05) is 20.2 Å². The molecule has 4 N–H and O–H groups in total. The number of aliphatic hydroxyl groups is 1. The van der Waals surface area contributed by atoms with E-state index >= 15 is 0 Å². The average molecular weight is 449 g/mol. The molecule has 0 spiro atoms. The fraction of sp³-hybridized carbons (Fsp3) is 0.963. The topological polar surface area (TPSA) is 84.6 Å². The van der Waals surface area contributed by atoms with Gasteiger partial charge in [0.05, 0.1) is 13.2 Å². The Hall–Kier alpha value is -0.650. The number of nitrogens with one attached hydrogen (secondary N) is 1. The molecule has 0 heterocycles. The quantitative estimate of drug-likeness (QED) is 0.510. The molecular weight excluding hydrogens is 400 g/mol. The van der Waals surface area contributed by atoms with Crippen molar-refractivity contribution in [3.63, 3.8) is 0 Å². The molecule has 0 bridgehead atoms. The second kappa shape index (κ2) is 9.54. The lowest BCUT2D eigenvalue weighted by atomic mass is 9.43. The van der Waals surface area contributed by atoms with Crippen LogP contribution in [0.15, 0.2) is 0 Å². The zero-order chi connectivity index (χ0) is 23.1. The summed E-state index contributed by atoms with van der Waals surface area (Å²) >= 11 is 0. The maximum Gasteiger partial charge on any atom is 0.305 e. The van der Waals surface area contributed by atoms with Gasteiger partial charge in [-0.2, -0.15) is 0 Å². The van der Waals surface area contributed by atoms with Crippen LogP contribution in [0.3, 0.4) is 0 Å². The van der Waals surface area contributed by atoms with E-state index in [1.54, 1.807) is 0 Å². The van der Waals surface area contributed by atoms with E-state index in [1.165, 1.54) is 52.1 Å². The van der Waals surface area contributed by atoms with Gasteiger partial charge in [-0.3, -0.25) is 4.79 Å². The number of nitrogens with two attached hydrogens (primary N) is 1. The number of methoxy groups -OCH3 is 1. The lowest BCUT2D eigenvalue weighted by Gasteiger charge is -2.62. The Balaban J connectivity index is 1.48. The fourth-order valence-electron chi connectivity index (χ4n) is 9.32. The summed E-state index contributed by atoms with van der Waals surface area (Å²) in [6.07, 6.45) is 11.1. The lowest BCUT2D eigenvalue weighted by molar-refractivity contribution is -0.167. The number of aliphatic hydroxyl groups excluding tert-OH is 1. The number of esters is 1. The third-order valence-electron chi connectivity index (χ3n) is 11.1. The van der Waals surface area contributed by atoms with Crippen molar-refractivity contribution in [2.24, 2.45) is 52.1 Å². The van der Waals surface area contributed by atoms with Gasteiger partial charge in [0.1, 0.15) is 0 Å². The van der Waals surface area contributed by atoms with Gasteiger partial charge >= 0.3 is 5.97 Å². The standard InChI is InChI=1S/C27H48N2O3/c1-17(5-8-24(31)32-4)20-6-7-21-25-22(10-12-27(20,21)3)26(2)11-9-19(29-14-13-28)15-18(26)16-23(25)30/h17-23,25,29-30H,5-16,28H2,1-4H3/t17-,18-,19-,20+,21?,22?,23+,25?,26-,27+/m0/s1. The molecule has 184 valence electrons. The van der Waals surface area contributed by atoms with Crippen LogP contribution in [-0.2, 0) is 9.53 Å². The van der Waals surface area contributed by atoms with Crippen molar-refractivity contribution >= 4 is 5.97 Å². The lowest BCUT2D eigenvalue weighted by Crippen LogP contribution is -2.59. The molecule has 3 unspecified atom stereocenters. The van der Waals surface area contributed by atoms with Crippen LogP contribution < -0.4 is 11.1 Å². The average Bonchev–Trinajstić information content (AvgIpc) is 3.13. The molecule has 0 aromatic carbocycles. The van der Waals surface area contributed by atoms with Crippen LogP contribution in [0, 0.1) is 46.3 Å². The minimum atomic E-state index is -0.153. The van der Waals surface area contributed by atoms with Crippen molar-refractivity contribution < 1.29 is 14.6 Å². The predicted molar refractivity (Wildman–Crippen MR) is 128 cm³/mol. The van der Waals surface area contributed by atoms with Gasteiger partial charge in [-0.25, -0.2) is 0 Å². The number of ether oxygens (including phenoxy) is 1. The molecule has 4 aliphatic carbocycles. The molecule has 10 atom stereocenters. The molecule has 5 nitrogen and oxygen atoms in total. The summed E-state index contributed by atoms with van der Waals surface area (Å²) in [4.78, 5) is 11.7. The number of hydrogen-bond donors (Lipinski definition) is 3. The van der Waals surface area contributed by atoms with Gasteiger partial charge in [0.2, 0.25) is 0 Å². The third-order valence-corrected chi connectivity index (χ3v) is 11.1. The first-order valence-electron chi connectivity index (χ1n) is 13.4. The molecule has 4 aliphatic rings. The van der Waals surface area contributed by atoms with Crippen LogP contribution in [0.25, 0.3) is 0 Å². The second-order valence-electron chi connectivity index (χ2n) is 12.3. The second-order valence-corrected chi connectivity index (χ2v) is 12.3. The Morgan fingerprint density at radius 1 is 1.12 bits per heavy atom. The molecule has 4 fully saturated rings. The van der Waals surface area contributed by atoms with Gasteiger partial charge in [-0.05, 0) is 104 Å². The SMILES string of the molecule is COC(=O)CC[C@H](C)[C@H]1CCC2C3C(CC[C@@]21C)[C@@]1(C)CC[C@H](NCCN)C[C@H]1C[C@H]3O. The molecule has 0 amide bonds. The summed E-state index contributed by atoms with van der Waals surface area (Å²) in [5.41, 5.74) is 6.40. The summed E-state index contributed by atoms with van der Waals surface area (Å²) in [6, 6.07) is 0.570. The van der Waals surface area contributed by atoms with Gasteiger partial charge < -0.3 is 20.9 Å². The van der Waals surface area contributed by atoms with Crippen molar-refractivity contribution in [3.05, 3.63) is 0 Å². The first-order chi connectivity index (χ1) is 15.2. The summed E-state index contributed by atoms with van der Waals surface area (Å²) < 4.78 is 4.89. The Labute approximate surface area is 195 Å². The highest BCUT2D eigenvalue weighted by atomic mass is 16.5. The van der Waals surface area contributed by atoms with Crippen LogP contribution in [0.2, 0.25) is 0 Å². The van der Waals surface area contributed by atoms with E-state index in [0.29, 0.717) is 65.3 Å². The monoisotopic (exact) mass is 448 g/mol. The van der Waals surface area contributed by atoms with Crippen LogP contribution in [0.1, 0.15) is 85.0 Å². The molecule has 0 saturated heterocycles. The number of carbonyl (C=O) groups is 1. The van der Waals surface area contributed by atoms with Crippen LogP contribution in [0.5, 0.6) is 0 Å². The zero-order valence-electron chi connectivity index (χ0n) is 20.9. The largest absolute Gasteiger partial charge is 0.469 e. The van der Waals surface area contributed by atoms with E-state index in [4.69, 9.17) is 10.5 Å². The van der Waals surface area contributed by atoms with Crippen LogP contribution in [0.4, 0.5) is 0 Å². The Morgan fingerprint density at radius 3 is 2.56 bits per heavy atom. The van der Waals surface area contributed by atoms with Crippen molar-refractivity contribution in [2.45, 2.75) is 97.1 Å². The zero-order valence-corrected chi connectivity index (χ0v) is 20.9. The Morgan fingerprint density at radius 2 is 1.84 bits per heavy atom. The van der Waals surface area contributed by atoms with Gasteiger partial charge in [0.25, 0.3) is 0 Å². The highest BCUT2D eigenvalue weighted by Crippen LogP contribution is 2.68. The summed E-state index contributed by atoms with van der Waals surface area (Å²) in [5.74, 6) is 3.49. The summed E-state index contributed by atoms with van der Waals surface area (Å²) in [7, 11) is 1.49.